The third-order valence-corrected chi connectivity index (χ3v) is 1.65. The average Bonchev–Trinajstić information content (AvgIpc) is 2.51. The molecule has 0 aliphatic heterocycles. The van der Waals surface area contributed by atoms with Crippen LogP contribution in [0.4, 0.5) is 0 Å². The SMILES string of the molecule is CC(C)n1cc(C(N)C#N)cn1. The minimum absolute atomic E-state index is 0.310. The standard InChI is InChI=1S/C8H12N4/c1-6(2)12-5-7(4-11-12)8(10)3-9/h4-6,8H,10H2,1-2H3. The highest BCUT2D eigenvalue weighted by atomic mass is 15.3. The summed E-state index contributed by atoms with van der Waals surface area (Å²) < 4.78 is 1.78. The molecule has 0 radical (unpaired) electrons. The Hall–Kier alpha value is -1.34. The molecule has 0 spiro atoms. The molecule has 0 aromatic carbocycles. The maximum atomic E-state index is 8.52. The van der Waals surface area contributed by atoms with Crippen molar-refractivity contribution in [1.82, 2.24) is 9.78 Å². The summed E-state index contributed by atoms with van der Waals surface area (Å²) in [6, 6.07) is 1.71. The van der Waals surface area contributed by atoms with Crippen LogP contribution in [0.1, 0.15) is 31.5 Å². The van der Waals surface area contributed by atoms with Crippen molar-refractivity contribution < 1.29 is 0 Å². The maximum absolute atomic E-state index is 8.52. The van der Waals surface area contributed by atoms with Crippen molar-refractivity contribution in [2.24, 2.45) is 5.73 Å². The van der Waals surface area contributed by atoms with E-state index in [1.165, 1.54) is 0 Å². The second kappa shape index (κ2) is 3.37. The van der Waals surface area contributed by atoms with Crippen molar-refractivity contribution in [2.45, 2.75) is 25.9 Å². The van der Waals surface area contributed by atoms with Gasteiger partial charge in [0.1, 0.15) is 6.04 Å². The third-order valence-electron chi connectivity index (χ3n) is 1.65. The van der Waals surface area contributed by atoms with Gasteiger partial charge in [-0.25, -0.2) is 0 Å². The lowest BCUT2D eigenvalue weighted by molar-refractivity contribution is 0.532. The molecule has 1 aromatic heterocycles. The van der Waals surface area contributed by atoms with Crippen molar-refractivity contribution in [1.29, 1.82) is 5.26 Å². The van der Waals surface area contributed by atoms with Gasteiger partial charge in [0.25, 0.3) is 0 Å². The molecule has 0 saturated carbocycles. The van der Waals surface area contributed by atoms with E-state index in [0.717, 1.165) is 5.56 Å². The first-order chi connectivity index (χ1) is 5.65. The monoisotopic (exact) mass is 164 g/mol. The summed E-state index contributed by atoms with van der Waals surface area (Å²) in [4.78, 5) is 0. The molecule has 2 N–H and O–H groups in total. The van der Waals surface area contributed by atoms with Gasteiger partial charge in [-0.05, 0) is 13.8 Å². The number of nitrogens with two attached hydrogens (primary N) is 1. The molecule has 4 heteroatoms. The quantitative estimate of drug-likeness (QED) is 0.708. The Bertz CT molecular complexity index is 294. The van der Waals surface area contributed by atoms with Crippen LogP contribution in [0.5, 0.6) is 0 Å². The number of hydrogen-bond donors (Lipinski definition) is 1. The maximum Gasteiger partial charge on any atom is 0.121 e. The van der Waals surface area contributed by atoms with E-state index in [-0.39, 0.29) is 0 Å². The van der Waals surface area contributed by atoms with E-state index in [9.17, 15) is 0 Å². The van der Waals surface area contributed by atoms with Gasteiger partial charge in [0.2, 0.25) is 0 Å². The van der Waals surface area contributed by atoms with Gasteiger partial charge in [0, 0.05) is 17.8 Å². The predicted molar refractivity (Wildman–Crippen MR) is 45.2 cm³/mol. The highest BCUT2D eigenvalue weighted by Crippen LogP contribution is 2.10. The fraction of sp³-hybridized carbons (Fsp3) is 0.500. The fourth-order valence-electron chi connectivity index (χ4n) is 0.870. The van der Waals surface area contributed by atoms with Crippen LogP contribution in [0.15, 0.2) is 12.4 Å². The van der Waals surface area contributed by atoms with Gasteiger partial charge in [-0.3, -0.25) is 4.68 Å². The van der Waals surface area contributed by atoms with Gasteiger partial charge < -0.3 is 5.73 Å². The second-order valence-electron chi connectivity index (χ2n) is 2.95. The van der Waals surface area contributed by atoms with Crippen molar-refractivity contribution in [3.05, 3.63) is 18.0 Å². The molecule has 0 aliphatic carbocycles. The summed E-state index contributed by atoms with van der Waals surface area (Å²) in [7, 11) is 0. The average molecular weight is 164 g/mol. The van der Waals surface area contributed by atoms with Crippen LogP contribution in [-0.4, -0.2) is 9.78 Å². The Kier molecular flexibility index (Phi) is 2.46. The van der Waals surface area contributed by atoms with Crippen LogP contribution in [0.2, 0.25) is 0 Å². The Labute approximate surface area is 71.6 Å². The van der Waals surface area contributed by atoms with Crippen LogP contribution in [0.25, 0.3) is 0 Å². The highest BCUT2D eigenvalue weighted by molar-refractivity contribution is 5.16. The van der Waals surface area contributed by atoms with Crippen molar-refractivity contribution in [2.75, 3.05) is 0 Å². The second-order valence-corrected chi connectivity index (χ2v) is 2.95. The van der Waals surface area contributed by atoms with Crippen molar-refractivity contribution >= 4 is 0 Å². The van der Waals surface area contributed by atoms with E-state index in [1.807, 2.05) is 19.9 Å². The van der Waals surface area contributed by atoms with Gasteiger partial charge in [-0.15, -0.1) is 0 Å². The lowest BCUT2D eigenvalue weighted by Gasteiger charge is -2.03. The van der Waals surface area contributed by atoms with E-state index < -0.39 is 6.04 Å². The van der Waals surface area contributed by atoms with E-state index in [2.05, 4.69) is 5.10 Å². The molecule has 0 fully saturated rings. The number of hydrogen-bond acceptors (Lipinski definition) is 3. The summed E-state index contributed by atoms with van der Waals surface area (Å²) in [6.45, 7) is 4.04. The molecule has 1 rings (SSSR count). The first-order valence-electron chi connectivity index (χ1n) is 3.84. The minimum Gasteiger partial charge on any atom is -0.312 e. The summed E-state index contributed by atoms with van der Waals surface area (Å²) in [5, 5.41) is 12.6. The van der Waals surface area contributed by atoms with Gasteiger partial charge in [-0.2, -0.15) is 10.4 Å². The molecular weight excluding hydrogens is 152 g/mol. The van der Waals surface area contributed by atoms with Crippen LogP contribution < -0.4 is 5.73 Å². The molecule has 4 nitrogen and oxygen atoms in total. The molecular formula is C8H12N4. The Balaban J connectivity index is 2.86. The molecule has 0 saturated heterocycles. The molecule has 1 aromatic rings. The van der Waals surface area contributed by atoms with Crippen LogP contribution in [0.3, 0.4) is 0 Å². The van der Waals surface area contributed by atoms with Crippen LogP contribution in [0, 0.1) is 11.3 Å². The zero-order valence-electron chi connectivity index (χ0n) is 7.23. The Morgan fingerprint density at radius 3 is 2.75 bits per heavy atom. The van der Waals surface area contributed by atoms with Gasteiger partial charge in [-0.1, -0.05) is 0 Å². The fourth-order valence-corrected chi connectivity index (χ4v) is 0.870. The Morgan fingerprint density at radius 2 is 2.33 bits per heavy atom. The first-order valence-corrected chi connectivity index (χ1v) is 3.84. The third kappa shape index (κ3) is 1.63. The topological polar surface area (TPSA) is 67.6 Å². The van der Waals surface area contributed by atoms with Crippen molar-refractivity contribution in [3.63, 3.8) is 0 Å². The lowest BCUT2D eigenvalue weighted by Crippen LogP contribution is -2.06. The molecule has 1 heterocycles. The number of rotatable bonds is 2. The van der Waals surface area contributed by atoms with E-state index in [0.29, 0.717) is 6.04 Å². The molecule has 0 bridgehead atoms. The lowest BCUT2D eigenvalue weighted by atomic mass is 10.2. The van der Waals surface area contributed by atoms with Crippen LogP contribution >= 0.6 is 0 Å². The van der Waals surface area contributed by atoms with Gasteiger partial charge in [0.05, 0.1) is 12.3 Å². The Morgan fingerprint density at radius 1 is 1.67 bits per heavy atom. The number of nitrogens with zero attached hydrogens (tertiary/aromatic N) is 3. The minimum atomic E-state index is -0.558. The van der Waals surface area contributed by atoms with E-state index in [4.69, 9.17) is 11.0 Å². The van der Waals surface area contributed by atoms with Gasteiger partial charge >= 0.3 is 0 Å². The van der Waals surface area contributed by atoms with E-state index >= 15 is 0 Å². The predicted octanol–water partition coefficient (Wildman–Crippen LogP) is 0.987. The summed E-state index contributed by atoms with van der Waals surface area (Å²) in [5.74, 6) is 0. The number of aromatic nitrogens is 2. The summed E-state index contributed by atoms with van der Waals surface area (Å²) in [6.07, 6.45) is 3.44. The first kappa shape index (κ1) is 8.75. The zero-order chi connectivity index (χ0) is 9.14. The van der Waals surface area contributed by atoms with Gasteiger partial charge in [0.15, 0.2) is 0 Å². The number of nitriles is 1. The highest BCUT2D eigenvalue weighted by Gasteiger charge is 2.07. The molecule has 0 aliphatic rings. The molecule has 0 amide bonds. The van der Waals surface area contributed by atoms with Crippen LogP contribution in [-0.2, 0) is 0 Å². The van der Waals surface area contributed by atoms with Crippen molar-refractivity contribution in [3.8, 4) is 6.07 Å². The molecule has 12 heavy (non-hydrogen) atoms. The summed E-state index contributed by atoms with van der Waals surface area (Å²) >= 11 is 0. The molecule has 64 valence electrons. The van der Waals surface area contributed by atoms with E-state index in [1.54, 1.807) is 17.1 Å². The smallest absolute Gasteiger partial charge is 0.121 e. The molecule has 1 unspecified atom stereocenters. The largest absolute Gasteiger partial charge is 0.312 e. The zero-order valence-corrected chi connectivity index (χ0v) is 7.23. The normalized spacial score (nSPS) is 12.9. The molecule has 1 atom stereocenters. The summed E-state index contributed by atoms with van der Waals surface area (Å²) in [5.41, 5.74) is 6.26.